The molecule has 0 N–H and O–H groups in total. The Kier molecular flexibility index (Phi) is 7.80. The number of rotatable bonds is 6. The van der Waals surface area contributed by atoms with Gasteiger partial charge in [-0.1, -0.05) is 25.2 Å². The van der Waals surface area contributed by atoms with Gasteiger partial charge in [0.1, 0.15) is 16.1 Å². The van der Waals surface area contributed by atoms with E-state index in [0.717, 1.165) is 0 Å². The van der Waals surface area contributed by atoms with Crippen molar-refractivity contribution in [3.05, 3.63) is 0 Å². The third-order valence-electron chi connectivity index (χ3n) is 3.50. The van der Waals surface area contributed by atoms with E-state index in [2.05, 4.69) is 38.3 Å². The summed E-state index contributed by atoms with van der Waals surface area (Å²) < 4.78 is 21.8. The SMILES string of the molecule is CC(C)(C)[S+]([O-])N=CC[C@@H](CCl)O[Si](C)(C)C(C)(C)C. The molecule has 0 bridgehead atoms. The Morgan fingerprint density at radius 3 is 2.10 bits per heavy atom. The molecule has 6 heteroatoms. The molecule has 1 unspecified atom stereocenters. The van der Waals surface area contributed by atoms with Crippen LogP contribution in [0.2, 0.25) is 18.1 Å². The van der Waals surface area contributed by atoms with Crippen LogP contribution in [0, 0.1) is 0 Å². The predicted molar refractivity (Wildman–Crippen MR) is 93.8 cm³/mol. The summed E-state index contributed by atoms with van der Waals surface area (Å²) in [4.78, 5) is 0. The van der Waals surface area contributed by atoms with Gasteiger partial charge in [-0.2, -0.15) is 0 Å². The van der Waals surface area contributed by atoms with Gasteiger partial charge in [0.2, 0.25) is 0 Å². The Morgan fingerprint density at radius 2 is 1.75 bits per heavy atom. The highest BCUT2D eigenvalue weighted by molar-refractivity contribution is 7.91. The molecular weight excluding hydrogens is 310 g/mol. The molecular formula is C14H30ClNO2SSi. The van der Waals surface area contributed by atoms with Crippen molar-refractivity contribution < 1.29 is 8.98 Å². The Bertz CT molecular complexity index is 324. The summed E-state index contributed by atoms with van der Waals surface area (Å²) in [5.41, 5.74) is 0. The summed E-state index contributed by atoms with van der Waals surface area (Å²) in [6.07, 6.45) is 2.25. The van der Waals surface area contributed by atoms with Crippen LogP contribution in [0.5, 0.6) is 0 Å². The van der Waals surface area contributed by atoms with E-state index in [4.69, 9.17) is 16.0 Å². The van der Waals surface area contributed by atoms with Crippen LogP contribution in [0.3, 0.4) is 0 Å². The first-order valence-electron chi connectivity index (χ1n) is 6.99. The van der Waals surface area contributed by atoms with E-state index < -0.39 is 19.7 Å². The molecule has 0 saturated heterocycles. The van der Waals surface area contributed by atoms with Crippen LogP contribution in [-0.4, -0.2) is 35.8 Å². The molecule has 0 radical (unpaired) electrons. The highest BCUT2D eigenvalue weighted by Gasteiger charge is 2.38. The van der Waals surface area contributed by atoms with Gasteiger partial charge in [-0.05, 0) is 38.9 Å². The van der Waals surface area contributed by atoms with Gasteiger partial charge in [0.15, 0.2) is 8.32 Å². The number of alkyl halides is 1. The molecule has 120 valence electrons. The molecule has 0 aliphatic carbocycles. The van der Waals surface area contributed by atoms with Gasteiger partial charge in [0.05, 0.1) is 12.3 Å². The zero-order valence-electron chi connectivity index (χ0n) is 14.1. The molecule has 0 rings (SSSR count). The second-order valence-electron chi connectivity index (χ2n) is 7.54. The maximum Gasteiger partial charge on any atom is 0.192 e. The van der Waals surface area contributed by atoms with Crippen LogP contribution < -0.4 is 0 Å². The molecule has 0 saturated carbocycles. The Morgan fingerprint density at radius 1 is 1.25 bits per heavy atom. The average Bonchev–Trinajstić information content (AvgIpc) is 2.24. The molecule has 0 amide bonds. The first-order chi connectivity index (χ1) is 8.81. The van der Waals surface area contributed by atoms with Crippen molar-refractivity contribution in [3.63, 3.8) is 0 Å². The monoisotopic (exact) mass is 339 g/mol. The molecule has 0 aliphatic heterocycles. The van der Waals surface area contributed by atoms with E-state index in [1.54, 1.807) is 6.21 Å². The second-order valence-corrected chi connectivity index (χ2v) is 14.5. The highest BCUT2D eigenvalue weighted by atomic mass is 35.5. The van der Waals surface area contributed by atoms with Crippen LogP contribution in [0.15, 0.2) is 4.40 Å². The predicted octanol–water partition coefficient (Wildman–Crippen LogP) is 4.54. The van der Waals surface area contributed by atoms with E-state index in [0.29, 0.717) is 12.3 Å². The molecule has 0 aromatic heterocycles. The van der Waals surface area contributed by atoms with Crippen molar-refractivity contribution >= 4 is 37.5 Å². The molecule has 0 fully saturated rings. The smallest absolute Gasteiger partial charge is 0.192 e. The summed E-state index contributed by atoms with van der Waals surface area (Å²) in [5, 5.41) is 0.155. The van der Waals surface area contributed by atoms with Gasteiger partial charge < -0.3 is 8.98 Å². The Hall–Kier alpha value is 0.447. The number of hydrogen-bond donors (Lipinski definition) is 0. The molecule has 0 aromatic rings. The summed E-state index contributed by atoms with van der Waals surface area (Å²) in [7, 11) is -1.82. The number of hydrogen-bond acceptors (Lipinski definition) is 3. The van der Waals surface area contributed by atoms with Crippen LogP contribution >= 0.6 is 11.6 Å². The van der Waals surface area contributed by atoms with E-state index in [1.807, 2.05) is 20.8 Å². The lowest BCUT2D eigenvalue weighted by molar-refractivity contribution is 0.210. The molecule has 0 aliphatic rings. The summed E-state index contributed by atoms with van der Waals surface area (Å²) >= 11 is 4.77. The quantitative estimate of drug-likeness (QED) is 0.308. The van der Waals surface area contributed by atoms with Gasteiger partial charge in [0, 0.05) is 12.3 Å². The van der Waals surface area contributed by atoms with Crippen molar-refractivity contribution in [3.8, 4) is 0 Å². The van der Waals surface area contributed by atoms with Gasteiger partial charge in [0.25, 0.3) is 0 Å². The summed E-state index contributed by atoms with van der Waals surface area (Å²) in [6.45, 7) is 16.7. The Balaban J connectivity index is 4.56. The molecule has 2 atom stereocenters. The van der Waals surface area contributed by atoms with Crippen molar-refractivity contribution in [1.82, 2.24) is 0 Å². The lowest BCUT2D eigenvalue weighted by Crippen LogP contribution is -2.44. The normalized spacial score (nSPS) is 17.5. The molecule has 0 heterocycles. The fourth-order valence-electron chi connectivity index (χ4n) is 1.12. The van der Waals surface area contributed by atoms with Gasteiger partial charge in [-0.15, -0.1) is 11.6 Å². The third kappa shape index (κ3) is 6.94. The summed E-state index contributed by atoms with van der Waals surface area (Å²) in [5.74, 6) is 0.431. The van der Waals surface area contributed by atoms with Crippen molar-refractivity contribution in [2.45, 2.75) is 76.9 Å². The fraction of sp³-hybridized carbons (Fsp3) is 0.929. The first kappa shape index (κ1) is 20.4. The second kappa shape index (κ2) is 7.63. The van der Waals surface area contributed by atoms with Crippen LogP contribution in [0.4, 0.5) is 0 Å². The van der Waals surface area contributed by atoms with Gasteiger partial charge in [-0.25, -0.2) is 0 Å². The zero-order valence-corrected chi connectivity index (χ0v) is 16.7. The standard InChI is InChI=1S/C14H30ClNO2SSi/c1-13(2,3)19(17)16-10-9-12(11-15)18-20(7,8)14(4,5)6/h10,12H,9,11H2,1-8H3/t12-,19?/m0/s1. The topological polar surface area (TPSA) is 44.7 Å². The van der Waals surface area contributed by atoms with E-state index >= 15 is 0 Å². The minimum absolute atomic E-state index is 0.0572. The minimum atomic E-state index is -1.82. The first-order valence-corrected chi connectivity index (χ1v) is 11.5. The maximum atomic E-state index is 11.8. The average molecular weight is 340 g/mol. The molecule has 0 aromatic carbocycles. The van der Waals surface area contributed by atoms with E-state index in [1.165, 1.54) is 0 Å². The lowest BCUT2D eigenvalue weighted by atomic mass is 10.2. The Labute approximate surface area is 134 Å². The van der Waals surface area contributed by atoms with Crippen LogP contribution in [0.1, 0.15) is 48.0 Å². The van der Waals surface area contributed by atoms with Crippen molar-refractivity contribution in [1.29, 1.82) is 0 Å². The zero-order chi connectivity index (χ0) is 16.2. The van der Waals surface area contributed by atoms with Gasteiger partial charge in [-0.3, -0.25) is 0 Å². The summed E-state index contributed by atoms with van der Waals surface area (Å²) in [6, 6.07) is 0. The fourth-order valence-corrected chi connectivity index (χ4v) is 3.32. The van der Waals surface area contributed by atoms with Crippen molar-refractivity contribution in [2.75, 3.05) is 5.88 Å². The van der Waals surface area contributed by atoms with Crippen LogP contribution in [-0.2, 0) is 15.8 Å². The largest absolute Gasteiger partial charge is 0.591 e. The molecule has 0 spiro atoms. The maximum absolute atomic E-state index is 11.8. The molecule has 3 nitrogen and oxygen atoms in total. The van der Waals surface area contributed by atoms with E-state index in [-0.39, 0.29) is 15.9 Å². The number of halogens is 1. The lowest BCUT2D eigenvalue weighted by Gasteiger charge is -2.38. The van der Waals surface area contributed by atoms with E-state index in [9.17, 15) is 4.55 Å². The number of nitrogens with zero attached hydrogens (tertiary/aromatic N) is 1. The van der Waals surface area contributed by atoms with Gasteiger partial charge >= 0.3 is 0 Å². The van der Waals surface area contributed by atoms with Crippen molar-refractivity contribution in [2.24, 2.45) is 4.40 Å². The molecule has 20 heavy (non-hydrogen) atoms. The minimum Gasteiger partial charge on any atom is -0.591 e. The highest BCUT2D eigenvalue weighted by Crippen LogP contribution is 2.37. The third-order valence-corrected chi connectivity index (χ3v) is 9.77. The van der Waals surface area contributed by atoms with Crippen LogP contribution in [0.25, 0.3) is 0 Å².